The number of hydrogen-bond acceptors (Lipinski definition) is 3. The minimum absolute atomic E-state index is 0.00497. The Kier molecular flexibility index (Phi) is 5.77. The molecule has 0 aliphatic carbocycles. The van der Waals surface area contributed by atoms with Crippen molar-refractivity contribution in [3.63, 3.8) is 0 Å². The second-order valence-corrected chi connectivity index (χ2v) is 9.04. The highest BCUT2D eigenvalue weighted by atomic mass is 16.3. The first kappa shape index (κ1) is 21.5. The molecule has 4 heteroatoms. The lowest BCUT2D eigenvalue weighted by Crippen LogP contribution is -2.49. The van der Waals surface area contributed by atoms with Crippen molar-refractivity contribution >= 4 is 16.9 Å². The molecule has 0 saturated carbocycles. The first-order valence-corrected chi connectivity index (χ1v) is 11.7. The number of piperazine rings is 1. The van der Waals surface area contributed by atoms with Gasteiger partial charge in [0, 0.05) is 37.1 Å². The molecule has 2 heterocycles. The van der Waals surface area contributed by atoms with Crippen LogP contribution in [0.15, 0.2) is 77.2 Å². The number of nitrogens with zero attached hydrogens (tertiary/aromatic N) is 2. The topological polar surface area (TPSA) is 36.7 Å². The molecule has 1 aromatic heterocycles. The van der Waals surface area contributed by atoms with Gasteiger partial charge in [0.15, 0.2) is 5.76 Å². The number of hydrogen-bond donors (Lipinski definition) is 0. The molecule has 1 saturated heterocycles. The molecule has 0 bridgehead atoms. The molecule has 1 aliphatic heterocycles. The highest BCUT2D eigenvalue weighted by molar-refractivity contribution is 5.99. The molecule has 4 aromatic rings. The van der Waals surface area contributed by atoms with E-state index in [-0.39, 0.29) is 11.9 Å². The Morgan fingerprint density at radius 1 is 0.788 bits per heavy atom. The van der Waals surface area contributed by atoms with E-state index < -0.39 is 0 Å². The van der Waals surface area contributed by atoms with Gasteiger partial charge in [-0.05, 0) is 55.2 Å². The molecule has 5 rings (SSSR count). The SMILES string of the molecule is Cc1cc2oc(C(=O)N3CCN(C(c4ccccc4)c4ccccc4)CC3)c(C)c2cc1C. The van der Waals surface area contributed by atoms with Crippen LogP contribution >= 0.6 is 0 Å². The number of rotatable bonds is 4. The molecule has 1 fully saturated rings. The van der Waals surface area contributed by atoms with Crippen LogP contribution in [-0.2, 0) is 0 Å². The van der Waals surface area contributed by atoms with Crippen LogP contribution < -0.4 is 0 Å². The molecule has 1 aliphatic rings. The van der Waals surface area contributed by atoms with Gasteiger partial charge in [-0.1, -0.05) is 60.7 Å². The van der Waals surface area contributed by atoms with Crippen LogP contribution in [0.25, 0.3) is 11.0 Å². The number of amides is 1. The van der Waals surface area contributed by atoms with Crippen molar-refractivity contribution in [3.8, 4) is 0 Å². The summed E-state index contributed by atoms with van der Waals surface area (Å²) in [4.78, 5) is 17.8. The van der Waals surface area contributed by atoms with Gasteiger partial charge in [-0.25, -0.2) is 0 Å². The summed E-state index contributed by atoms with van der Waals surface area (Å²) in [5.41, 5.74) is 6.69. The van der Waals surface area contributed by atoms with Crippen molar-refractivity contribution in [2.24, 2.45) is 0 Å². The second-order valence-electron chi connectivity index (χ2n) is 9.04. The van der Waals surface area contributed by atoms with Gasteiger partial charge < -0.3 is 9.32 Å². The molecule has 1 amide bonds. The van der Waals surface area contributed by atoms with E-state index in [1.807, 2.05) is 17.9 Å². The molecule has 4 nitrogen and oxygen atoms in total. The zero-order chi connectivity index (χ0) is 22.9. The van der Waals surface area contributed by atoms with Crippen LogP contribution in [0.5, 0.6) is 0 Å². The lowest BCUT2D eigenvalue weighted by atomic mass is 9.96. The third-order valence-corrected chi connectivity index (χ3v) is 6.94. The van der Waals surface area contributed by atoms with E-state index in [2.05, 4.69) is 85.5 Å². The average Bonchev–Trinajstić information content (AvgIpc) is 3.16. The van der Waals surface area contributed by atoms with Gasteiger partial charge in [0.2, 0.25) is 0 Å². The number of furan rings is 1. The Morgan fingerprint density at radius 3 is 1.91 bits per heavy atom. The smallest absolute Gasteiger partial charge is 0.289 e. The molecule has 33 heavy (non-hydrogen) atoms. The standard InChI is InChI=1S/C29H30N2O2/c1-20-18-25-22(3)28(33-26(25)19-21(20)2)29(32)31-16-14-30(15-17-31)27(23-10-6-4-7-11-23)24-12-8-5-9-13-24/h4-13,18-19,27H,14-17H2,1-3H3. The van der Waals surface area contributed by atoms with Crippen LogP contribution in [0.2, 0.25) is 0 Å². The largest absolute Gasteiger partial charge is 0.451 e. The van der Waals surface area contributed by atoms with Gasteiger partial charge in [-0.15, -0.1) is 0 Å². The van der Waals surface area contributed by atoms with Gasteiger partial charge in [-0.2, -0.15) is 0 Å². The highest BCUT2D eigenvalue weighted by Crippen LogP contribution is 2.31. The highest BCUT2D eigenvalue weighted by Gasteiger charge is 2.30. The van der Waals surface area contributed by atoms with Crippen molar-refractivity contribution in [1.82, 2.24) is 9.80 Å². The van der Waals surface area contributed by atoms with Crippen LogP contribution in [0.4, 0.5) is 0 Å². The van der Waals surface area contributed by atoms with Crippen molar-refractivity contribution in [1.29, 1.82) is 0 Å². The summed E-state index contributed by atoms with van der Waals surface area (Å²) in [5.74, 6) is 0.473. The minimum atomic E-state index is -0.00497. The van der Waals surface area contributed by atoms with Crippen molar-refractivity contribution in [2.45, 2.75) is 26.8 Å². The summed E-state index contributed by atoms with van der Waals surface area (Å²) in [6.45, 7) is 9.16. The van der Waals surface area contributed by atoms with Gasteiger partial charge in [0.1, 0.15) is 5.58 Å². The third kappa shape index (κ3) is 4.07. The van der Waals surface area contributed by atoms with E-state index in [1.54, 1.807) is 0 Å². The van der Waals surface area contributed by atoms with Gasteiger partial charge in [0.25, 0.3) is 5.91 Å². The quantitative estimate of drug-likeness (QED) is 0.398. The maximum atomic E-state index is 13.4. The van der Waals surface area contributed by atoms with E-state index in [0.717, 1.165) is 29.6 Å². The molecule has 0 unspecified atom stereocenters. The van der Waals surface area contributed by atoms with E-state index in [1.165, 1.54) is 22.3 Å². The summed E-state index contributed by atoms with van der Waals surface area (Å²) < 4.78 is 6.06. The Labute approximate surface area is 195 Å². The Balaban J connectivity index is 1.36. The number of aryl methyl sites for hydroxylation is 3. The van der Waals surface area contributed by atoms with Crippen LogP contribution in [0.1, 0.15) is 44.4 Å². The molecule has 3 aromatic carbocycles. The predicted molar refractivity (Wildman–Crippen MR) is 133 cm³/mol. The molecule has 168 valence electrons. The normalized spacial score (nSPS) is 14.8. The molecule has 0 atom stereocenters. The first-order valence-electron chi connectivity index (χ1n) is 11.7. The lowest BCUT2D eigenvalue weighted by molar-refractivity contribution is 0.0569. The number of benzene rings is 3. The molecule has 0 spiro atoms. The van der Waals surface area contributed by atoms with Gasteiger partial charge in [0.05, 0.1) is 6.04 Å². The number of carbonyl (C=O) groups excluding carboxylic acids is 1. The summed E-state index contributed by atoms with van der Waals surface area (Å²) in [7, 11) is 0. The van der Waals surface area contributed by atoms with E-state index in [9.17, 15) is 4.79 Å². The van der Waals surface area contributed by atoms with E-state index in [4.69, 9.17) is 4.42 Å². The Bertz CT molecular complexity index is 1230. The maximum absolute atomic E-state index is 13.4. The third-order valence-electron chi connectivity index (χ3n) is 6.94. The fourth-order valence-corrected chi connectivity index (χ4v) is 4.89. The molecular formula is C29H30N2O2. The predicted octanol–water partition coefficient (Wildman–Crippen LogP) is 5.91. The van der Waals surface area contributed by atoms with Crippen molar-refractivity contribution in [2.75, 3.05) is 26.2 Å². The number of carbonyl (C=O) groups is 1. The molecular weight excluding hydrogens is 408 g/mol. The maximum Gasteiger partial charge on any atom is 0.289 e. The zero-order valence-corrected chi connectivity index (χ0v) is 19.5. The first-order chi connectivity index (χ1) is 16.0. The van der Waals surface area contributed by atoms with Crippen molar-refractivity contribution in [3.05, 3.63) is 106 Å². The van der Waals surface area contributed by atoms with Crippen LogP contribution in [0.3, 0.4) is 0 Å². The number of fused-ring (bicyclic) bond motifs is 1. The van der Waals surface area contributed by atoms with E-state index >= 15 is 0 Å². The summed E-state index contributed by atoms with van der Waals surface area (Å²) in [6, 6.07) is 25.6. The summed E-state index contributed by atoms with van der Waals surface area (Å²) in [6.07, 6.45) is 0. The average molecular weight is 439 g/mol. The fourth-order valence-electron chi connectivity index (χ4n) is 4.89. The van der Waals surface area contributed by atoms with Crippen molar-refractivity contribution < 1.29 is 9.21 Å². The Morgan fingerprint density at radius 2 is 1.33 bits per heavy atom. The van der Waals surface area contributed by atoms with Gasteiger partial charge in [-0.3, -0.25) is 9.69 Å². The van der Waals surface area contributed by atoms with Crippen LogP contribution in [0, 0.1) is 20.8 Å². The molecule has 0 N–H and O–H groups in total. The zero-order valence-electron chi connectivity index (χ0n) is 19.5. The molecule has 0 radical (unpaired) electrons. The second kappa shape index (κ2) is 8.87. The van der Waals surface area contributed by atoms with Gasteiger partial charge >= 0.3 is 0 Å². The lowest BCUT2D eigenvalue weighted by Gasteiger charge is -2.39. The fraction of sp³-hybridized carbons (Fsp3) is 0.276. The van der Waals surface area contributed by atoms with Crippen LogP contribution in [-0.4, -0.2) is 41.9 Å². The summed E-state index contributed by atoms with van der Waals surface area (Å²) in [5, 5.41) is 1.04. The minimum Gasteiger partial charge on any atom is -0.451 e. The monoisotopic (exact) mass is 438 g/mol. The Hall–Kier alpha value is -3.37. The summed E-state index contributed by atoms with van der Waals surface area (Å²) >= 11 is 0. The van der Waals surface area contributed by atoms with E-state index in [0.29, 0.717) is 18.8 Å².